The molecule has 0 aliphatic carbocycles. The third kappa shape index (κ3) is 4.10. The summed E-state index contributed by atoms with van der Waals surface area (Å²) in [5.74, 6) is 0.319. The maximum absolute atomic E-state index is 12.4. The first-order chi connectivity index (χ1) is 9.94. The molecule has 0 aromatic heterocycles. The van der Waals surface area contributed by atoms with E-state index in [2.05, 4.69) is 4.72 Å². The molecule has 1 aromatic carbocycles. The molecule has 1 saturated heterocycles. The van der Waals surface area contributed by atoms with Crippen LogP contribution in [0.3, 0.4) is 0 Å². The summed E-state index contributed by atoms with van der Waals surface area (Å²) in [7, 11) is -3.68. The van der Waals surface area contributed by atoms with Gasteiger partial charge >= 0.3 is 0 Å². The van der Waals surface area contributed by atoms with Crippen molar-refractivity contribution in [1.82, 2.24) is 4.72 Å². The minimum atomic E-state index is -3.68. The van der Waals surface area contributed by atoms with Crippen molar-refractivity contribution in [3.8, 4) is 5.75 Å². The summed E-state index contributed by atoms with van der Waals surface area (Å²) < 4.78 is 38.3. The summed E-state index contributed by atoms with van der Waals surface area (Å²) in [4.78, 5) is 0.0675. The molecule has 5 nitrogen and oxygen atoms in total. The lowest BCUT2D eigenvalue weighted by molar-refractivity contribution is 0.114. The van der Waals surface area contributed by atoms with Crippen LogP contribution in [-0.4, -0.2) is 34.3 Å². The van der Waals surface area contributed by atoms with Gasteiger partial charge in [0, 0.05) is 18.2 Å². The average Bonchev–Trinajstić information content (AvgIpc) is 2.94. The molecule has 0 amide bonds. The van der Waals surface area contributed by atoms with Gasteiger partial charge < -0.3 is 9.47 Å². The van der Waals surface area contributed by atoms with Gasteiger partial charge in [-0.1, -0.05) is 11.6 Å². The number of rotatable bonds is 6. The third-order valence-corrected chi connectivity index (χ3v) is 5.19. The molecule has 0 bridgehead atoms. The van der Waals surface area contributed by atoms with Gasteiger partial charge in [0.2, 0.25) is 10.0 Å². The van der Waals surface area contributed by atoms with E-state index in [0.717, 1.165) is 18.4 Å². The van der Waals surface area contributed by atoms with Crippen molar-refractivity contribution in [2.75, 3.05) is 19.8 Å². The normalized spacial score (nSPS) is 18.9. The topological polar surface area (TPSA) is 64.6 Å². The van der Waals surface area contributed by atoms with E-state index in [0.29, 0.717) is 24.0 Å². The largest absolute Gasteiger partial charge is 0.492 e. The van der Waals surface area contributed by atoms with Crippen LogP contribution in [0, 0.1) is 6.92 Å². The van der Waals surface area contributed by atoms with Crippen molar-refractivity contribution >= 4 is 21.6 Å². The van der Waals surface area contributed by atoms with Crippen LogP contribution in [0.2, 0.25) is 5.02 Å². The molecule has 0 spiro atoms. The van der Waals surface area contributed by atoms with Crippen LogP contribution in [0.15, 0.2) is 17.0 Å². The average molecular weight is 334 g/mol. The first kappa shape index (κ1) is 16.5. The zero-order valence-electron chi connectivity index (χ0n) is 12.2. The van der Waals surface area contributed by atoms with Crippen molar-refractivity contribution in [1.29, 1.82) is 0 Å². The predicted molar refractivity (Wildman–Crippen MR) is 81.5 cm³/mol. The Labute approximate surface area is 130 Å². The van der Waals surface area contributed by atoms with Gasteiger partial charge in [0.1, 0.15) is 10.6 Å². The van der Waals surface area contributed by atoms with E-state index in [9.17, 15) is 8.42 Å². The maximum Gasteiger partial charge on any atom is 0.244 e. The highest BCUT2D eigenvalue weighted by atomic mass is 35.5. The predicted octanol–water partition coefficient (Wildman–Crippen LogP) is 2.50. The summed E-state index contributed by atoms with van der Waals surface area (Å²) in [5.41, 5.74) is 0.776. The lowest BCUT2D eigenvalue weighted by atomic mass is 10.2. The molecule has 1 aromatic rings. The van der Waals surface area contributed by atoms with Crippen LogP contribution in [0.1, 0.15) is 25.3 Å². The number of sulfonamides is 1. The Balaban J connectivity index is 2.22. The Kier molecular flexibility index (Phi) is 5.48. The first-order valence-electron chi connectivity index (χ1n) is 6.98. The summed E-state index contributed by atoms with van der Waals surface area (Å²) >= 11 is 6.05. The van der Waals surface area contributed by atoms with E-state index in [1.54, 1.807) is 19.9 Å². The third-order valence-electron chi connectivity index (χ3n) is 3.34. The summed E-state index contributed by atoms with van der Waals surface area (Å²) in [5, 5.41) is 0.399. The molecule has 1 atom stereocenters. The van der Waals surface area contributed by atoms with Gasteiger partial charge in [0.15, 0.2) is 0 Å². The highest BCUT2D eigenvalue weighted by Gasteiger charge is 2.24. The highest BCUT2D eigenvalue weighted by molar-refractivity contribution is 7.89. The molecule has 1 N–H and O–H groups in total. The standard InChI is InChI=1S/C14H20ClNO4S/c1-3-19-13-7-10(2)12(15)8-14(13)21(17,18)16-9-11-5-4-6-20-11/h7-8,11,16H,3-6,9H2,1-2H3/t11-/m1/s1. The van der Waals surface area contributed by atoms with Gasteiger partial charge in [-0.25, -0.2) is 13.1 Å². The van der Waals surface area contributed by atoms with Crippen LogP contribution in [-0.2, 0) is 14.8 Å². The van der Waals surface area contributed by atoms with E-state index in [1.807, 2.05) is 0 Å². The van der Waals surface area contributed by atoms with E-state index in [1.165, 1.54) is 6.07 Å². The summed E-state index contributed by atoms with van der Waals surface area (Å²) in [6.07, 6.45) is 1.78. The number of hydrogen-bond donors (Lipinski definition) is 1. The molecule has 2 rings (SSSR count). The summed E-state index contributed by atoms with van der Waals surface area (Å²) in [6.45, 7) is 4.95. The van der Waals surface area contributed by atoms with E-state index < -0.39 is 10.0 Å². The lowest BCUT2D eigenvalue weighted by Gasteiger charge is -2.15. The van der Waals surface area contributed by atoms with Crippen LogP contribution < -0.4 is 9.46 Å². The number of ether oxygens (including phenoxy) is 2. The fraction of sp³-hybridized carbons (Fsp3) is 0.571. The highest BCUT2D eigenvalue weighted by Crippen LogP contribution is 2.30. The SMILES string of the molecule is CCOc1cc(C)c(Cl)cc1S(=O)(=O)NC[C@H]1CCCO1. The van der Waals surface area contributed by atoms with Crippen molar-refractivity contribution in [3.05, 3.63) is 22.7 Å². The van der Waals surface area contributed by atoms with Crippen molar-refractivity contribution in [3.63, 3.8) is 0 Å². The number of hydrogen-bond acceptors (Lipinski definition) is 4. The number of nitrogens with one attached hydrogen (secondary N) is 1. The molecule has 1 heterocycles. The Hall–Kier alpha value is -0.820. The van der Waals surface area contributed by atoms with Crippen LogP contribution >= 0.6 is 11.6 Å². The van der Waals surface area contributed by atoms with E-state index in [4.69, 9.17) is 21.1 Å². The molecular formula is C14H20ClNO4S. The van der Waals surface area contributed by atoms with Gasteiger partial charge in [0.25, 0.3) is 0 Å². The summed E-state index contributed by atoms with van der Waals surface area (Å²) in [6, 6.07) is 3.08. The number of halogens is 1. The zero-order chi connectivity index (χ0) is 15.5. The second-order valence-electron chi connectivity index (χ2n) is 4.97. The molecule has 0 unspecified atom stereocenters. The Bertz CT molecular complexity index is 597. The smallest absolute Gasteiger partial charge is 0.244 e. The number of benzene rings is 1. The van der Waals surface area contributed by atoms with Gasteiger partial charge in [-0.2, -0.15) is 0 Å². The Morgan fingerprint density at radius 2 is 2.24 bits per heavy atom. The molecule has 1 aliphatic rings. The van der Waals surface area contributed by atoms with Gasteiger partial charge in [-0.15, -0.1) is 0 Å². The van der Waals surface area contributed by atoms with Crippen LogP contribution in [0.4, 0.5) is 0 Å². The molecular weight excluding hydrogens is 314 g/mol. The zero-order valence-corrected chi connectivity index (χ0v) is 13.8. The molecule has 0 saturated carbocycles. The van der Waals surface area contributed by atoms with Crippen molar-refractivity contribution in [2.24, 2.45) is 0 Å². The minimum absolute atomic E-state index is 0.0590. The Morgan fingerprint density at radius 1 is 1.48 bits per heavy atom. The fourth-order valence-electron chi connectivity index (χ4n) is 2.20. The van der Waals surface area contributed by atoms with Crippen LogP contribution in [0.25, 0.3) is 0 Å². The minimum Gasteiger partial charge on any atom is -0.492 e. The second kappa shape index (κ2) is 6.96. The van der Waals surface area contributed by atoms with Crippen molar-refractivity contribution < 1.29 is 17.9 Å². The quantitative estimate of drug-likeness (QED) is 0.868. The molecule has 118 valence electrons. The molecule has 0 radical (unpaired) electrons. The van der Waals surface area contributed by atoms with Crippen molar-refractivity contribution in [2.45, 2.75) is 37.7 Å². The fourth-order valence-corrected chi connectivity index (χ4v) is 3.65. The molecule has 1 aliphatic heterocycles. The molecule has 7 heteroatoms. The lowest BCUT2D eigenvalue weighted by Crippen LogP contribution is -2.32. The molecule has 1 fully saturated rings. The van der Waals surface area contributed by atoms with Gasteiger partial charge in [-0.3, -0.25) is 0 Å². The van der Waals surface area contributed by atoms with Crippen LogP contribution in [0.5, 0.6) is 5.75 Å². The maximum atomic E-state index is 12.4. The monoisotopic (exact) mass is 333 g/mol. The molecule has 21 heavy (non-hydrogen) atoms. The second-order valence-corrected chi connectivity index (χ2v) is 7.11. The first-order valence-corrected chi connectivity index (χ1v) is 8.84. The van der Waals surface area contributed by atoms with Gasteiger partial charge in [-0.05, 0) is 44.4 Å². The Morgan fingerprint density at radius 3 is 2.86 bits per heavy atom. The van der Waals surface area contributed by atoms with Gasteiger partial charge in [0.05, 0.1) is 12.7 Å². The van der Waals surface area contributed by atoms with E-state index >= 15 is 0 Å². The van der Waals surface area contributed by atoms with E-state index in [-0.39, 0.29) is 17.5 Å². The number of aryl methyl sites for hydroxylation is 1.